The molecule has 0 radical (unpaired) electrons. The molecule has 3 rings (SSSR count). The molecule has 136 valence electrons. The van der Waals surface area contributed by atoms with Crippen molar-refractivity contribution in [2.75, 3.05) is 48.9 Å². The van der Waals surface area contributed by atoms with Crippen LogP contribution in [-0.4, -0.2) is 50.2 Å². The van der Waals surface area contributed by atoms with Gasteiger partial charge >= 0.3 is 0 Å². The van der Waals surface area contributed by atoms with Crippen LogP contribution < -0.4 is 14.7 Å². The van der Waals surface area contributed by atoms with Crippen molar-refractivity contribution in [3.05, 3.63) is 41.8 Å². The number of aromatic nitrogens is 2. The topological polar surface area (TPSA) is 59.3 Å². The first-order chi connectivity index (χ1) is 12.5. The predicted molar refractivity (Wildman–Crippen MR) is 101 cm³/mol. The van der Waals surface area contributed by atoms with Crippen molar-refractivity contribution in [1.29, 1.82) is 5.26 Å². The summed E-state index contributed by atoms with van der Waals surface area (Å²) in [5.41, 5.74) is 0.773. The van der Waals surface area contributed by atoms with Crippen molar-refractivity contribution < 1.29 is 4.39 Å². The Labute approximate surface area is 153 Å². The van der Waals surface area contributed by atoms with Crippen molar-refractivity contribution in [3.63, 3.8) is 0 Å². The van der Waals surface area contributed by atoms with Crippen molar-refractivity contribution in [1.82, 2.24) is 9.97 Å². The Balaban J connectivity index is 1.82. The van der Waals surface area contributed by atoms with E-state index in [4.69, 9.17) is 0 Å². The van der Waals surface area contributed by atoms with Crippen molar-refractivity contribution >= 4 is 17.5 Å². The smallest absolute Gasteiger partial charge is 0.227 e. The van der Waals surface area contributed by atoms with Crippen molar-refractivity contribution in [3.8, 4) is 6.07 Å². The average molecular weight is 354 g/mol. The molecule has 1 aromatic carbocycles. The number of benzene rings is 1. The van der Waals surface area contributed by atoms with Crippen LogP contribution in [0, 0.1) is 17.1 Å². The minimum absolute atomic E-state index is 0.113. The lowest BCUT2D eigenvalue weighted by molar-refractivity contribution is 0.482. The van der Waals surface area contributed by atoms with Crippen molar-refractivity contribution in [2.45, 2.75) is 18.9 Å². The van der Waals surface area contributed by atoms with Crippen LogP contribution in [0.3, 0.4) is 0 Å². The molecule has 7 heteroatoms. The van der Waals surface area contributed by atoms with Crippen molar-refractivity contribution in [2.24, 2.45) is 0 Å². The maximum absolute atomic E-state index is 14.0. The summed E-state index contributed by atoms with van der Waals surface area (Å²) < 4.78 is 14.0. The Kier molecular flexibility index (Phi) is 5.21. The van der Waals surface area contributed by atoms with E-state index in [1.807, 2.05) is 44.2 Å². The first kappa shape index (κ1) is 17.9. The van der Waals surface area contributed by atoms with E-state index in [0.717, 1.165) is 25.2 Å². The predicted octanol–water partition coefficient (Wildman–Crippen LogP) is 2.66. The summed E-state index contributed by atoms with van der Waals surface area (Å²) in [4.78, 5) is 15.1. The van der Waals surface area contributed by atoms with Gasteiger partial charge in [0.25, 0.3) is 0 Å². The molecule has 0 N–H and O–H groups in total. The molecule has 1 saturated heterocycles. The van der Waals surface area contributed by atoms with Crippen LogP contribution >= 0.6 is 0 Å². The van der Waals surface area contributed by atoms with E-state index < -0.39 is 5.82 Å². The number of nitriles is 1. The molecule has 0 aliphatic carbocycles. The molecule has 1 aromatic heterocycles. The Morgan fingerprint density at radius 2 is 2.08 bits per heavy atom. The van der Waals surface area contributed by atoms with Gasteiger partial charge in [-0.15, -0.1) is 0 Å². The lowest BCUT2D eigenvalue weighted by Crippen LogP contribution is -2.47. The van der Waals surface area contributed by atoms with Crippen LogP contribution in [0.2, 0.25) is 0 Å². The Morgan fingerprint density at radius 3 is 2.81 bits per heavy atom. The van der Waals surface area contributed by atoms with Crippen LogP contribution in [0.4, 0.5) is 21.8 Å². The number of hydrogen-bond donors (Lipinski definition) is 0. The van der Waals surface area contributed by atoms with Gasteiger partial charge < -0.3 is 14.7 Å². The number of rotatable bonds is 4. The highest BCUT2D eigenvalue weighted by atomic mass is 19.1. The van der Waals surface area contributed by atoms with Gasteiger partial charge in [0.2, 0.25) is 5.95 Å². The van der Waals surface area contributed by atoms with E-state index in [1.165, 1.54) is 6.07 Å². The number of anilines is 3. The van der Waals surface area contributed by atoms with Crippen LogP contribution in [0.5, 0.6) is 0 Å². The molecular formula is C19H23FN6. The number of halogens is 1. The highest BCUT2D eigenvalue weighted by Crippen LogP contribution is 2.28. The minimum Gasteiger partial charge on any atom is -0.368 e. The first-order valence-electron chi connectivity index (χ1n) is 8.68. The van der Waals surface area contributed by atoms with Gasteiger partial charge in [-0.3, -0.25) is 0 Å². The molecular weight excluding hydrogens is 331 g/mol. The highest BCUT2D eigenvalue weighted by Gasteiger charge is 2.27. The van der Waals surface area contributed by atoms with E-state index in [1.54, 1.807) is 12.3 Å². The fourth-order valence-corrected chi connectivity index (χ4v) is 3.30. The number of piperidine rings is 1. The Hall–Kier alpha value is -2.88. The van der Waals surface area contributed by atoms with E-state index in [2.05, 4.69) is 19.8 Å². The minimum atomic E-state index is -0.470. The summed E-state index contributed by atoms with van der Waals surface area (Å²) in [5.74, 6) is 1.05. The maximum atomic E-state index is 14.0. The van der Waals surface area contributed by atoms with Gasteiger partial charge in [-0.05, 0) is 31.0 Å². The molecule has 1 unspecified atom stereocenters. The summed E-state index contributed by atoms with van der Waals surface area (Å²) in [6, 6.07) is 8.86. The Morgan fingerprint density at radius 1 is 1.27 bits per heavy atom. The third-order valence-electron chi connectivity index (χ3n) is 4.79. The van der Waals surface area contributed by atoms with Gasteiger partial charge in [0.1, 0.15) is 23.3 Å². The van der Waals surface area contributed by atoms with E-state index >= 15 is 0 Å². The van der Waals surface area contributed by atoms with Gasteiger partial charge in [0.05, 0.1) is 5.69 Å². The largest absolute Gasteiger partial charge is 0.368 e. The maximum Gasteiger partial charge on any atom is 0.227 e. The van der Waals surface area contributed by atoms with Crippen LogP contribution in [-0.2, 0) is 0 Å². The van der Waals surface area contributed by atoms with Gasteiger partial charge in [-0.1, -0.05) is 6.07 Å². The third kappa shape index (κ3) is 3.54. The molecule has 0 spiro atoms. The van der Waals surface area contributed by atoms with Gasteiger partial charge in [0, 0.05) is 46.5 Å². The van der Waals surface area contributed by atoms with Gasteiger partial charge in [-0.2, -0.15) is 10.2 Å². The second-order valence-corrected chi connectivity index (χ2v) is 6.71. The summed E-state index contributed by atoms with van der Waals surface area (Å²) >= 11 is 0. The quantitative estimate of drug-likeness (QED) is 0.841. The lowest BCUT2D eigenvalue weighted by Gasteiger charge is -2.39. The molecule has 2 heterocycles. The summed E-state index contributed by atoms with van der Waals surface area (Å²) in [6.07, 6.45) is 3.72. The molecule has 0 bridgehead atoms. The molecule has 1 aliphatic rings. The second kappa shape index (κ2) is 7.56. The van der Waals surface area contributed by atoms with Gasteiger partial charge in [0.15, 0.2) is 0 Å². The fourth-order valence-electron chi connectivity index (χ4n) is 3.30. The second-order valence-electron chi connectivity index (χ2n) is 6.71. The number of likely N-dealkylation sites (N-methyl/N-ethyl adjacent to an activating group) is 1. The SMILES string of the molecule is CN(C)c1ccnc(N(C)C2CCCN(c3cccc(F)c3C#N)C2)n1. The normalized spacial score (nSPS) is 16.9. The molecule has 26 heavy (non-hydrogen) atoms. The molecule has 1 aliphatic heterocycles. The van der Waals surface area contributed by atoms with E-state index in [9.17, 15) is 9.65 Å². The average Bonchev–Trinajstić information content (AvgIpc) is 2.67. The van der Waals surface area contributed by atoms with E-state index in [0.29, 0.717) is 18.2 Å². The van der Waals surface area contributed by atoms with Crippen LogP contribution in [0.15, 0.2) is 30.5 Å². The number of hydrogen-bond acceptors (Lipinski definition) is 6. The standard InChI is InChI=1S/C19H23FN6/c1-24(2)18-9-10-22-19(23-18)25(3)14-6-5-11-26(13-14)17-8-4-7-16(20)15(17)12-21/h4,7-10,14H,5-6,11,13H2,1-3H3. The first-order valence-corrected chi connectivity index (χ1v) is 8.68. The zero-order chi connectivity index (χ0) is 18.7. The highest BCUT2D eigenvalue weighted by molar-refractivity contribution is 5.60. The molecule has 2 aromatic rings. The number of nitrogens with zero attached hydrogens (tertiary/aromatic N) is 6. The molecule has 1 atom stereocenters. The summed E-state index contributed by atoms with van der Waals surface area (Å²) in [5, 5.41) is 9.31. The molecule has 1 fully saturated rings. The molecule has 0 saturated carbocycles. The monoisotopic (exact) mass is 354 g/mol. The summed E-state index contributed by atoms with van der Waals surface area (Å²) in [7, 11) is 5.88. The summed E-state index contributed by atoms with van der Waals surface area (Å²) in [6.45, 7) is 1.51. The van der Waals surface area contributed by atoms with E-state index in [-0.39, 0.29) is 11.6 Å². The van der Waals surface area contributed by atoms with Crippen LogP contribution in [0.1, 0.15) is 18.4 Å². The zero-order valence-corrected chi connectivity index (χ0v) is 15.4. The molecule has 6 nitrogen and oxygen atoms in total. The van der Waals surface area contributed by atoms with Crippen LogP contribution in [0.25, 0.3) is 0 Å². The third-order valence-corrected chi connectivity index (χ3v) is 4.79. The van der Waals surface area contributed by atoms with Gasteiger partial charge in [-0.25, -0.2) is 9.37 Å². The zero-order valence-electron chi connectivity index (χ0n) is 15.4. The lowest BCUT2D eigenvalue weighted by atomic mass is 10.0. The Bertz CT molecular complexity index is 816. The fraction of sp³-hybridized carbons (Fsp3) is 0.421. The molecule has 0 amide bonds.